The van der Waals surface area contributed by atoms with Gasteiger partial charge in [-0.15, -0.1) is 0 Å². The van der Waals surface area contributed by atoms with Crippen molar-refractivity contribution in [2.75, 3.05) is 20.1 Å². The van der Waals surface area contributed by atoms with Crippen LogP contribution in [0.3, 0.4) is 0 Å². The van der Waals surface area contributed by atoms with Gasteiger partial charge in [0.15, 0.2) is 0 Å². The van der Waals surface area contributed by atoms with Gasteiger partial charge >= 0.3 is 12.0 Å². The van der Waals surface area contributed by atoms with E-state index in [2.05, 4.69) is 5.32 Å². The average Bonchev–Trinajstić information content (AvgIpc) is 2.69. The van der Waals surface area contributed by atoms with Crippen molar-refractivity contribution in [3.8, 4) is 0 Å². The molecule has 0 aromatic rings. The molecule has 4 amide bonds. The summed E-state index contributed by atoms with van der Waals surface area (Å²) in [5.74, 6) is -1.89. The average molecular weight is 299 g/mol. The summed E-state index contributed by atoms with van der Waals surface area (Å²) in [6.45, 7) is 3.25. The zero-order valence-electron chi connectivity index (χ0n) is 12.5. The van der Waals surface area contributed by atoms with Crippen LogP contribution in [0.2, 0.25) is 0 Å². The van der Waals surface area contributed by atoms with Crippen molar-refractivity contribution in [1.82, 2.24) is 15.1 Å². The van der Waals surface area contributed by atoms with E-state index < -0.39 is 29.4 Å². The molecule has 0 saturated carbocycles. The van der Waals surface area contributed by atoms with Gasteiger partial charge in [0.1, 0.15) is 12.1 Å². The fourth-order valence-corrected chi connectivity index (χ4v) is 2.19. The molecule has 0 unspecified atom stereocenters. The van der Waals surface area contributed by atoms with Gasteiger partial charge in [0, 0.05) is 13.6 Å². The smallest absolute Gasteiger partial charge is 0.325 e. The van der Waals surface area contributed by atoms with E-state index in [1.54, 1.807) is 13.8 Å². The molecule has 21 heavy (non-hydrogen) atoms. The molecule has 0 bridgehead atoms. The summed E-state index contributed by atoms with van der Waals surface area (Å²) < 4.78 is 0. The molecule has 1 saturated heterocycles. The van der Waals surface area contributed by atoms with Gasteiger partial charge < -0.3 is 15.3 Å². The van der Waals surface area contributed by atoms with Crippen molar-refractivity contribution >= 4 is 23.8 Å². The van der Waals surface area contributed by atoms with Crippen LogP contribution >= 0.6 is 0 Å². The van der Waals surface area contributed by atoms with Gasteiger partial charge in [-0.1, -0.05) is 13.8 Å². The second kappa shape index (κ2) is 6.55. The Balaban J connectivity index is 2.70. The first-order valence-corrected chi connectivity index (χ1v) is 6.87. The molecule has 0 radical (unpaired) electrons. The van der Waals surface area contributed by atoms with Gasteiger partial charge in [-0.05, 0) is 12.8 Å². The Morgan fingerprint density at radius 3 is 2.29 bits per heavy atom. The summed E-state index contributed by atoms with van der Waals surface area (Å²) in [6, 6.07) is -0.580. The monoisotopic (exact) mass is 299 g/mol. The maximum Gasteiger partial charge on any atom is 0.325 e. The molecule has 1 aliphatic rings. The normalized spacial score (nSPS) is 16.8. The van der Waals surface area contributed by atoms with E-state index in [4.69, 9.17) is 5.11 Å². The summed E-state index contributed by atoms with van der Waals surface area (Å²) >= 11 is 0. The van der Waals surface area contributed by atoms with Gasteiger partial charge in [0.2, 0.25) is 5.91 Å². The Morgan fingerprint density at radius 1 is 1.29 bits per heavy atom. The number of urea groups is 1. The Hall–Kier alpha value is -2.12. The second-order valence-corrected chi connectivity index (χ2v) is 5.07. The summed E-state index contributed by atoms with van der Waals surface area (Å²) in [6.07, 6.45) is 0.720. The number of nitrogens with one attached hydrogen (secondary N) is 1. The predicted molar refractivity (Wildman–Crippen MR) is 73.4 cm³/mol. The zero-order chi connectivity index (χ0) is 16.2. The van der Waals surface area contributed by atoms with E-state index in [0.717, 1.165) is 4.90 Å². The third-order valence-corrected chi connectivity index (χ3v) is 3.83. The van der Waals surface area contributed by atoms with Crippen LogP contribution in [0.5, 0.6) is 0 Å². The predicted octanol–water partition coefficient (Wildman–Crippen LogP) is 0.0301. The summed E-state index contributed by atoms with van der Waals surface area (Å²) in [5, 5.41) is 11.2. The Kier molecular flexibility index (Phi) is 5.28. The summed E-state index contributed by atoms with van der Waals surface area (Å²) in [4.78, 5) is 48.7. The zero-order valence-corrected chi connectivity index (χ0v) is 12.5. The number of carbonyl (C=O) groups excluding carboxylic acids is 3. The highest BCUT2D eigenvalue weighted by Crippen LogP contribution is 2.24. The number of aliphatic carboxylic acids is 1. The van der Waals surface area contributed by atoms with Crippen LogP contribution in [0.1, 0.15) is 33.1 Å². The fourth-order valence-electron chi connectivity index (χ4n) is 2.19. The van der Waals surface area contributed by atoms with Crippen molar-refractivity contribution in [2.24, 2.45) is 0 Å². The number of hydrogen-bond acceptors (Lipinski definition) is 4. The van der Waals surface area contributed by atoms with Crippen LogP contribution in [0.4, 0.5) is 4.79 Å². The number of nitrogens with zero attached hydrogens (tertiary/aromatic N) is 2. The van der Waals surface area contributed by atoms with Crippen molar-refractivity contribution in [3.63, 3.8) is 0 Å². The van der Waals surface area contributed by atoms with Crippen LogP contribution < -0.4 is 5.32 Å². The first-order chi connectivity index (χ1) is 9.77. The lowest BCUT2D eigenvalue weighted by molar-refractivity contribution is -0.140. The second-order valence-electron chi connectivity index (χ2n) is 5.07. The third-order valence-electron chi connectivity index (χ3n) is 3.83. The van der Waals surface area contributed by atoms with E-state index in [-0.39, 0.29) is 19.5 Å². The van der Waals surface area contributed by atoms with Crippen LogP contribution in [-0.2, 0) is 14.4 Å². The third kappa shape index (κ3) is 3.50. The molecule has 0 aliphatic carbocycles. The number of carboxylic acid groups (broad SMARTS) is 1. The number of hydrogen-bond donors (Lipinski definition) is 2. The van der Waals surface area contributed by atoms with Gasteiger partial charge in [-0.25, -0.2) is 4.79 Å². The highest BCUT2D eigenvalue weighted by Gasteiger charge is 2.49. The quantitative estimate of drug-likeness (QED) is 0.645. The molecule has 8 nitrogen and oxygen atoms in total. The van der Waals surface area contributed by atoms with Gasteiger partial charge in [-0.2, -0.15) is 0 Å². The molecule has 0 aromatic carbocycles. The van der Waals surface area contributed by atoms with Gasteiger partial charge in [0.05, 0.1) is 6.42 Å². The van der Waals surface area contributed by atoms with Crippen molar-refractivity contribution in [3.05, 3.63) is 0 Å². The number of carbonyl (C=O) groups is 4. The first kappa shape index (κ1) is 16.9. The molecule has 118 valence electrons. The number of carboxylic acids is 1. The number of likely N-dealkylation sites (N-methyl/N-ethyl adjacent to an activating group) is 1. The molecule has 2 N–H and O–H groups in total. The molecule has 1 rings (SSSR count). The summed E-state index contributed by atoms with van der Waals surface area (Å²) in [5.41, 5.74) is -0.934. The van der Waals surface area contributed by atoms with E-state index in [1.807, 2.05) is 0 Å². The minimum absolute atomic E-state index is 0.0323. The highest BCUT2D eigenvalue weighted by molar-refractivity contribution is 6.08. The van der Waals surface area contributed by atoms with Crippen molar-refractivity contribution in [1.29, 1.82) is 0 Å². The SMILES string of the molecule is CCC1(CC)NC(=O)N(CC(=O)N(C)CCC(=O)O)C1=O. The minimum Gasteiger partial charge on any atom is -0.481 e. The summed E-state index contributed by atoms with van der Waals surface area (Å²) in [7, 11) is 1.44. The molecule has 8 heteroatoms. The van der Waals surface area contributed by atoms with Crippen LogP contribution in [0.15, 0.2) is 0 Å². The lowest BCUT2D eigenvalue weighted by atomic mass is 9.93. The maximum atomic E-state index is 12.3. The molecule has 1 fully saturated rings. The topological polar surface area (TPSA) is 107 Å². The maximum absolute atomic E-state index is 12.3. The van der Waals surface area contributed by atoms with Gasteiger partial charge in [-0.3, -0.25) is 19.3 Å². The fraction of sp³-hybridized carbons (Fsp3) is 0.692. The molecular weight excluding hydrogens is 278 g/mol. The molecule has 1 aliphatic heterocycles. The first-order valence-electron chi connectivity index (χ1n) is 6.87. The molecule has 0 atom stereocenters. The van der Waals surface area contributed by atoms with Crippen LogP contribution in [0, 0.1) is 0 Å². The van der Waals surface area contributed by atoms with Crippen LogP contribution in [-0.4, -0.2) is 64.4 Å². The lowest BCUT2D eigenvalue weighted by Crippen LogP contribution is -2.46. The Bertz CT molecular complexity index is 459. The number of rotatable bonds is 7. The highest BCUT2D eigenvalue weighted by atomic mass is 16.4. The van der Waals surface area contributed by atoms with E-state index in [1.165, 1.54) is 11.9 Å². The van der Waals surface area contributed by atoms with Crippen molar-refractivity contribution < 1.29 is 24.3 Å². The lowest BCUT2D eigenvalue weighted by Gasteiger charge is -2.23. The van der Waals surface area contributed by atoms with E-state index in [0.29, 0.717) is 12.8 Å². The minimum atomic E-state index is -1.01. The Morgan fingerprint density at radius 2 is 1.86 bits per heavy atom. The molecule has 0 spiro atoms. The standard InChI is InChI=1S/C13H21N3O5/c1-4-13(5-2)11(20)16(12(21)14-13)8-9(17)15(3)7-6-10(18)19/h4-8H2,1-3H3,(H,14,21)(H,18,19). The van der Waals surface area contributed by atoms with Crippen LogP contribution in [0.25, 0.3) is 0 Å². The Labute approximate surface area is 123 Å². The van der Waals surface area contributed by atoms with E-state index in [9.17, 15) is 19.2 Å². The van der Waals surface area contributed by atoms with Gasteiger partial charge in [0.25, 0.3) is 5.91 Å². The van der Waals surface area contributed by atoms with E-state index >= 15 is 0 Å². The molecular formula is C13H21N3O5. The molecule has 1 heterocycles. The largest absolute Gasteiger partial charge is 0.481 e. The van der Waals surface area contributed by atoms with Crippen molar-refractivity contribution in [2.45, 2.75) is 38.6 Å². The number of imide groups is 1. The molecule has 0 aromatic heterocycles. The number of amides is 4.